The van der Waals surface area contributed by atoms with E-state index < -0.39 is 0 Å². The van der Waals surface area contributed by atoms with Crippen molar-refractivity contribution in [3.8, 4) is 0 Å². The summed E-state index contributed by atoms with van der Waals surface area (Å²) in [6, 6.07) is 27.4. The topological polar surface area (TPSA) is 61.4 Å². The molecule has 0 atom stereocenters. The highest BCUT2D eigenvalue weighted by atomic mass is 16.2. The summed E-state index contributed by atoms with van der Waals surface area (Å²) in [6.07, 6.45) is 14.9. The van der Waals surface area contributed by atoms with Gasteiger partial charge in [-0.1, -0.05) is 92.4 Å². The van der Waals surface area contributed by atoms with Crippen LogP contribution in [0.25, 0.3) is 11.0 Å². The lowest BCUT2D eigenvalue weighted by Gasteiger charge is -2.42. The second-order valence-electron chi connectivity index (χ2n) is 12.9. The number of nitrogens with one attached hydrogen (secondary N) is 1. The van der Waals surface area contributed by atoms with E-state index in [0.29, 0.717) is 12.3 Å². The summed E-state index contributed by atoms with van der Waals surface area (Å²) in [5.41, 5.74) is 6.28. The van der Waals surface area contributed by atoms with Gasteiger partial charge in [-0.3, -0.25) is 9.79 Å². The first-order chi connectivity index (χ1) is 21.5. The first-order valence-corrected chi connectivity index (χ1v) is 16.8. The van der Waals surface area contributed by atoms with Crippen LogP contribution in [0.3, 0.4) is 0 Å². The molecule has 1 saturated heterocycles. The monoisotopic (exact) mass is 590 g/mol. The minimum absolute atomic E-state index is 0.136. The van der Waals surface area contributed by atoms with Crippen LogP contribution < -0.4 is 0 Å². The highest BCUT2D eigenvalue weighted by Gasteiger charge is 2.36. The average Bonchev–Trinajstić information content (AvgIpc) is 3.42. The molecule has 1 amide bonds. The van der Waals surface area contributed by atoms with Gasteiger partial charge in [-0.05, 0) is 93.3 Å². The van der Waals surface area contributed by atoms with Crippen LogP contribution in [-0.2, 0) is 16.6 Å². The highest BCUT2D eigenvalue weighted by Crippen LogP contribution is 2.39. The molecule has 1 aliphatic carbocycles. The number of imidazole rings is 1. The molecule has 4 aromatic rings. The van der Waals surface area contributed by atoms with Gasteiger partial charge >= 0.3 is 0 Å². The zero-order chi connectivity index (χ0) is 30.6. The molecular weight excluding hydrogens is 540 g/mol. The number of carbonyl (C=O) groups excluding carboxylic acids is 1. The fourth-order valence-electron chi connectivity index (χ4n) is 6.77. The zero-order valence-electron chi connectivity index (χ0n) is 26.8. The number of unbranched alkanes of at least 4 members (excludes halogenated alkanes) is 1. The minimum Gasteiger partial charge on any atom is -0.343 e. The van der Waals surface area contributed by atoms with Crippen molar-refractivity contribution in [2.75, 3.05) is 19.6 Å². The Labute approximate surface area is 264 Å². The molecule has 1 saturated carbocycles. The van der Waals surface area contributed by atoms with E-state index >= 15 is 0 Å². The normalized spacial score (nSPS) is 16.5. The van der Waals surface area contributed by atoms with Gasteiger partial charge in [-0.25, -0.2) is 4.98 Å². The fourth-order valence-corrected chi connectivity index (χ4v) is 6.77. The van der Waals surface area contributed by atoms with Gasteiger partial charge in [-0.15, -0.1) is 0 Å². The molecule has 5 heteroatoms. The summed E-state index contributed by atoms with van der Waals surface area (Å²) in [4.78, 5) is 27.3. The predicted octanol–water partition coefficient (Wildman–Crippen LogP) is 8.79. The Bertz CT molecular complexity index is 1450. The number of aryl methyl sites for hydroxylation is 3. The second-order valence-corrected chi connectivity index (χ2v) is 12.9. The molecule has 1 N–H and O–H groups in total. The van der Waals surface area contributed by atoms with Crippen LogP contribution in [0.1, 0.15) is 86.7 Å². The standard InChI is InChI=1S/C31H42N2O.C8H8N2/c1-26-10-5-6-14-28(26)17-18-30(34)33-24-20-31(21-25-33,29-15-3-2-4-16-29)19-23-32-22-8-7-11-27-12-9-13-27;1-6-9-7-4-2-3-5-8(7)10-6/h2-6,10,14-16,22,27H,7-9,11-13,17-21,23-25H2,1H3;2-5H,1H3,(H,9,10). The van der Waals surface area contributed by atoms with E-state index in [1.165, 1.54) is 48.8 Å². The van der Waals surface area contributed by atoms with E-state index in [1.54, 1.807) is 0 Å². The number of aliphatic imine (C=N–C) groups is 1. The van der Waals surface area contributed by atoms with Crippen molar-refractivity contribution < 1.29 is 4.79 Å². The van der Waals surface area contributed by atoms with Gasteiger partial charge in [0.1, 0.15) is 5.82 Å². The Morgan fingerprint density at radius 1 is 0.977 bits per heavy atom. The van der Waals surface area contributed by atoms with Crippen molar-refractivity contribution >= 4 is 23.2 Å². The Hall–Kier alpha value is -3.73. The van der Waals surface area contributed by atoms with Crippen molar-refractivity contribution in [1.82, 2.24) is 14.9 Å². The maximum absolute atomic E-state index is 13.0. The van der Waals surface area contributed by atoms with Gasteiger partial charge < -0.3 is 9.88 Å². The number of aromatic nitrogens is 2. The number of para-hydroxylation sites is 2. The van der Waals surface area contributed by atoms with Crippen LogP contribution in [-0.4, -0.2) is 46.6 Å². The number of amides is 1. The quantitative estimate of drug-likeness (QED) is 0.140. The summed E-state index contributed by atoms with van der Waals surface area (Å²) < 4.78 is 0. The van der Waals surface area contributed by atoms with Crippen LogP contribution >= 0.6 is 0 Å². The van der Waals surface area contributed by atoms with E-state index in [2.05, 4.69) is 82.6 Å². The Balaban J connectivity index is 0.000000322. The van der Waals surface area contributed by atoms with Gasteiger partial charge in [0.25, 0.3) is 0 Å². The number of rotatable bonds is 11. The third-order valence-corrected chi connectivity index (χ3v) is 9.86. The molecule has 44 heavy (non-hydrogen) atoms. The third-order valence-electron chi connectivity index (χ3n) is 9.86. The van der Waals surface area contributed by atoms with Crippen LogP contribution in [0.2, 0.25) is 0 Å². The molecule has 2 heterocycles. The van der Waals surface area contributed by atoms with E-state index in [9.17, 15) is 4.79 Å². The molecule has 2 aliphatic rings. The van der Waals surface area contributed by atoms with Crippen LogP contribution in [0.5, 0.6) is 0 Å². The van der Waals surface area contributed by atoms with Crippen molar-refractivity contribution in [2.24, 2.45) is 10.9 Å². The summed E-state index contributed by atoms with van der Waals surface area (Å²) in [5, 5.41) is 0. The summed E-state index contributed by atoms with van der Waals surface area (Å²) in [7, 11) is 0. The lowest BCUT2D eigenvalue weighted by molar-refractivity contribution is -0.132. The molecule has 232 valence electrons. The van der Waals surface area contributed by atoms with Crippen LogP contribution in [0.15, 0.2) is 83.9 Å². The number of benzene rings is 3. The molecule has 6 rings (SSSR count). The first-order valence-electron chi connectivity index (χ1n) is 16.8. The highest BCUT2D eigenvalue weighted by molar-refractivity contribution is 5.76. The maximum atomic E-state index is 13.0. The third kappa shape index (κ3) is 8.68. The number of H-pyrrole nitrogens is 1. The van der Waals surface area contributed by atoms with Crippen LogP contribution in [0, 0.1) is 19.8 Å². The lowest BCUT2D eigenvalue weighted by Crippen LogP contribution is -2.45. The molecular formula is C39H50N4O. The van der Waals surface area contributed by atoms with Gasteiger partial charge in [0, 0.05) is 31.5 Å². The Kier molecular flexibility index (Phi) is 11.4. The lowest BCUT2D eigenvalue weighted by atomic mass is 9.70. The first kappa shape index (κ1) is 31.7. The van der Waals surface area contributed by atoms with Gasteiger partial charge in [0.2, 0.25) is 5.91 Å². The van der Waals surface area contributed by atoms with Crippen molar-refractivity contribution in [3.05, 3.63) is 101 Å². The van der Waals surface area contributed by atoms with Gasteiger partial charge in [0.05, 0.1) is 11.0 Å². The summed E-state index contributed by atoms with van der Waals surface area (Å²) in [5.74, 6) is 2.27. The number of aromatic amines is 1. The van der Waals surface area contributed by atoms with Crippen molar-refractivity contribution in [1.29, 1.82) is 0 Å². The molecule has 5 nitrogen and oxygen atoms in total. The number of hydrogen-bond acceptors (Lipinski definition) is 3. The number of likely N-dealkylation sites (tertiary alicyclic amines) is 1. The molecule has 1 aromatic heterocycles. The molecule has 2 fully saturated rings. The van der Waals surface area contributed by atoms with E-state index in [0.717, 1.165) is 74.5 Å². The van der Waals surface area contributed by atoms with E-state index in [4.69, 9.17) is 4.99 Å². The number of fused-ring (bicyclic) bond motifs is 1. The van der Waals surface area contributed by atoms with Gasteiger partial charge in [0.15, 0.2) is 0 Å². The largest absolute Gasteiger partial charge is 0.343 e. The molecule has 1 aliphatic heterocycles. The molecule has 0 unspecified atom stereocenters. The maximum Gasteiger partial charge on any atom is 0.222 e. The minimum atomic E-state index is 0.136. The molecule has 3 aromatic carbocycles. The molecule has 0 spiro atoms. The average molecular weight is 591 g/mol. The van der Waals surface area contributed by atoms with E-state index in [-0.39, 0.29) is 5.41 Å². The SMILES string of the molecule is Cc1ccccc1CCC(=O)N1CCC(CCN=CCCCC2CCC2)(c2ccccc2)CC1.Cc1nc2ccccc2[nH]1. The second kappa shape index (κ2) is 15.8. The van der Waals surface area contributed by atoms with Gasteiger partial charge in [-0.2, -0.15) is 0 Å². The van der Waals surface area contributed by atoms with Crippen molar-refractivity contribution in [2.45, 2.75) is 89.9 Å². The number of hydrogen-bond donors (Lipinski definition) is 1. The number of piperidine rings is 1. The summed E-state index contributed by atoms with van der Waals surface area (Å²) >= 11 is 0. The fraction of sp³-hybridized carbons (Fsp3) is 0.462. The van der Waals surface area contributed by atoms with Crippen molar-refractivity contribution in [3.63, 3.8) is 0 Å². The molecule has 0 bridgehead atoms. The Morgan fingerprint density at radius 2 is 1.70 bits per heavy atom. The zero-order valence-corrected chi connectivity index (χ0v) is 26.8. The number of nitrogens with zero attached hydrogens (tertiary/aromatic N) is 3. The van der Waals surface area contributed by atoms with E-state index in [1.807, 2.05) is 31.2 Å². The number of carbonyl (C=O) groups is 1. The molecule has 0 radical (unpaired) electrons. The Morgan fingerprint density at radius 3 is 2.43 bits per heavy atom. The predicted molar refractivity (Wildman–Crippen MR) is 183 cm³/mol. The summed E-state index contributed by atoms with van der Waals surface area (Å²) in [6.45, 7) is 6.69. The van der Waals surface area contributed by atoms with Crippen LogP contribution in [0.4, 0.5) is 0 Å². The smallest absolute Gasteiger partial charge is 0.222 e.